The summed E-state index contributed by atoms with van der Waals surface area (Å²) in [5.74, 6) is -3.75. The van der Waals surface area contributed by atoms with Gasteiger partial charge in [0.05, 0.1) is 0 Å². The van der Waals surface area contributed by atoms with Gasteiger partial charge in [0.25, 0.3) is 0 Å². The van der Waals surface area contributed by atoms with Crippen molar-refractivity contribution in [1.29, 1.82) is 0 Å². The first-order valence-electron chi connectivity index (χ1n) is 7.59. The summed E-state index contributed by atoms with van der Waals surface area (Å²) in [4.78, 5) is 25.3. The van der Waals surface area contributed by atoms with Crippen LogP contribution in [0.4, 0.5) is 8.63 Å². The van der Waals surface area contributed by atoms with Crippen LogP contribution in [0, 0.1) is 0 Å². The molecule has 0 radical (unpaired) electrons. The third-order valence-corrected chi connectivity index (χ3v) is 4.48. The summed E-state index contributed by atoms with van der Waals surface area (Å²) >= 11 is 3.34. The van der Waals surface area contributed by atoms with Crippen molar-refractivity contribution in [2.45, 2.75) is 5.82 Å². The molecule has 0 aromatic heterocycles. The highest BCUT2D eigenvalue weighted by molar-refractivity contribution is 9.10. The van der Waals surface area contributed by atoms with Gasteiger partial charge in [0.2, 0.25) is 0 Å². The molecule has 0 aliphatic heterocycles. The van der Waals surface area contributed by atoms with Crippen molar-refractivity contribution in [1.82, 2.24) is 0 Å². The summed E-state index contributed by atoms with van der Waals surface area (Å²) in [5, 5.41) is 1.28. The van der Waals surface area contributed by atoms with E-state index in [1.165, 1.54) is 18.2 Å². The van der Waals surface area contributed by atoms with E-state index >= 15 is 0 Å². The average Bonchev–Trinajstić information content (AvgIpc) is 2.61. The maximum Gasteiger partial charge on any atom is 0.556 e. The zero-order chi connectivity index (χ0) is 18.0. The summed E-state index contributed by atoms with van der Waals surface area (Å²) < 4.78 is 28.0. The van der Waals surface area contributed by atoms with Crippen LogP contribution in [0.5, 0.6) is 0 Å². The topological polar surface area (TPSA) is 34.1 Å². The smallest absolute Gasteiger partial charge is 0.294 e. The summed E-state index contributed by atoms with van der Waals surface area (Å²) in [6.07, 6.45) is 0. The van der Waals surface area contributed by atoms with Crippen molar-refractivity contribution in [3.8, 4) is 0 Å². The third-order valence-electron chi connectivity index (χ3n) is 3.98. The number of Topliss-reactive ketones (excluding diaryl/α,β-unsaturated/α-hetero) is 2. The minimum Gasteiger partial charge on any atom is -0.294 e. The maximum atomic E-state index is 13.6. The highest BCUT2D eigenvalue weighted by atomic mass is 79.9. The highest BCUT2D eigenvalue weighted by Gasteiger charge is 2.41. The predicted octanol–water partition coefficient (Wildman–Crippen LogP) is 5.47. The average molecular weight is 401 g/mol. The Balaban J connectivity index is 2.07. The first-order chi connectivity index (χ1) is 12.0. The van der Waals surface area contributed by atoms with Gasteiger partial charge in [0.1, 0.15) is 5.82 Å². The molecule has 3 aromatic rings. The SMILES string of the molecule is O=C(c1ccccc1)C(B(F)F)C(=O)c1cccc2cc(Br)ccc12. The maximum absolute atomic E-state index is 13.6. The first kappa shape index (κ1) is 17.5. The lowest BCUT2D eigenvalue weighted by molar-refractivity contribution is 0.0886. The molecule has 0 aliphatic rings. The molecule has 0 fully saturated rings. The van der Waals surface area contributed by atoms with Crippen LogP contribution in [0.25, 0.3) is 10.8 Å². The summed E-state index contributed by atoms with van der Waals surface area (Å²) in [6.45, 7) is 0. The molecule has 0 spiro atoms. The third kappa shape index (κ3) is 3.54. The van der Waals surface area contributed by atoms with Gasteiger partial charge in [-0.15, -0.1) is 0 Å². The highest BCUT2D eigenvalue weighted by Crippen LogP contribution is 2.29. The van der Waals surface area contributed by atoms with Gasteiger partial charge in [0.15, 0.2) is 11.6 Å². The summed E-state index contributed by atoms with van der Waals surface area (Å²) in [6, 6.07) is 17.8. The van der Waals surface area contributed by atoms with Crippen molar-refractivity contribution >= 4 is 45.5 Å². The zero-order valence-corrected chi connectivity index (χ0v) is 14.5. The van der Waals surface area contributed by atoms with E-state index in [2.05, 4.69) is 15.9 Å². The molecule has 0 saturated carbocycles. The van der Waals surface area contributed by atoms with E-state index in [0.29, 0.717) is 5.39 Å². The second-order valence-corrected chi connectivity index (χ2v) is 6.49. The Morgan fingerprint density at radius 3 is 2.28 bits per heavy atom. The van der Waals surface area contributed by atoms with Gasteiger partial charge in [-0.2, -0.15) is 0 Å². The van der Waals surface area contributed by atoms with Crippen LogP contribution in [0.15, 0.2) is 71.2 Å². The molecule has 3 aromatic carbocycles. The number of carbonyl (C=O) groups is 2. The van der Waals surface area contributed by atoms with Crippen LogP contribution < -0.4 is 0 Å². The number of carbonyl (C=O) groups excluding carboxylic acids is 2. The lowest BCUT2D eigenvalue weighted by Gasteiger charge is -2.14. The van der Waals surface area contributed by atoms with Gasteiger partial charge in [0, 0.05) is 15.6 Å². The van der Waals surface area contributed by atoms with Gasteiger partial charge in [-0.3, -0.25) is 18.2 Å². The fraction of sp³-hybridized carbons (Fsp3) is 0.0526. The standard InChI is InChI=1S/C19H12BBrF2O2/c21-14-9-10-15-13(11-14)7-4-8-16(15)19(25)17(20(22)23)18(24)12-5-2-1-3-6-12/h1-11,17H. The van der Waals surface area contributed by atoms with E-state index < -0.39 is 24.7 Å². The minimum atomic E-state index is -3.08. The first-order valence-corrected chi connectivity index (χ1v) is 8.38. The van der Waals surface area contributed by atoms with Crippen LogP contribution in [0.1, 0.15) is 20.7 Å². The molecule has 0 aliphatic carbocycles. The molecule has 0 bridgehead atoms. The molecule has 1 unspecified atom stereocenters. The number of halogens is 3. The lowest BCUT2D eigenvalue weighted by atomic mass is 9.68. The molecule has 6 heteroatoms. The number of fused-ring (bicyclic) bond motifs is 1. The molecule has 25 heavy (non-hydrogen) atoms. The van der Waals surface area contributed by atoms with Crippen LogP contribution >= 0.6 is 15.9 Å². The molecule has 0 N–H and O–H groups in total. The van der Waals surface area contributed by atoms with Crippen molar-refractivity contribution in [2.75, 3.05) is 0 Å². The Morgan fingerprint density at radius 1 is 0.880 bits per heavy atom. The fourth-order valence-electron chi connectivity index (χ4n) is 2.77. The number of rotatable bonds is 5. The van der Waals surface area contributed by atoms with Crippen molar-refractivity contribution in [2.24, 2.45) is 0 Å². The van der Waals surface area contributed by atoms with E-state index in [1.807, 2.05) is 0 Å². The van der Waals surface area contributed by atoms with E-state index in [0.717, 1.165) is 9.86 Å². The van der Waals surface area contributed by atoms with Crippen LogP contribution in [-0.4, -0.2) is 18.8 Å². The lowest BCUT2D eigenvalue weighted by Crippen LogP contribution is -2.28. The number of ketones is 2. The Bertz CT molecular complexity index is 945. The Labute approximate surface area is 152 Å². The summed E-state index contributed by atoms with van der Waals surface area (Å²) in [5.41, 5.74) is 0.226. The number of hydrogen-bond donors (Lipinski definition) is 0. The van der Waals surface area contributed by atoms with Gasteiger partial charge in [-0.05, 0) is 22.9 Å². The molecule has 0 saturated heterocycles. The van der Waals surface area contributed by atoms with Crippen LogP contribution in [-0.2, 0) is 0 Å². The van der Waals surface area contributed by atoms with Gasteiger partial charge < -0.3 is 0 Å². The van der Waals surface area contributed by atoms with E-state index in [1.54, 1.807) is 48.5 Å². The van der Waals surface area contributed by atoms with E-state index in [9.17, 15) is 18.2 Å². The van der Waals surface area contributed by atoms with Crippen molar-refractivity contribution in [3.05, 3.63) is 82.3 Å². The van der Waals surface area contributed by atoms with Crippen LogP contribution in [0.2, 0.25) is 5.82 Å². The molecule has 1 atom stereocenters. The number of hydrogen-bond acceptors (Lipinski definition) is 2. The monoisotopic (exact) mass is 400 g/mol. The molecule has 0 amide bonds. The van der Waals surface area contributed by atoms with E-state index in [4.69, 9.17) is 0 Å². The van der Waals surface area contributed by atoms with Gasteiger partial charge in [-0.25, -0.2) is 0 Å². The Hall–Kier alpha value is -2.34. The summed E-state index contributed by atoms with van der Waals surface area (Å²) in [7, 11) is -3.08. The zero-order valence-electron chi connectivity index (χ0n) is 13.0. The minimum absolute atomic E-state index is 0.101. The molecule has 2 nitrogen and oxygen atoms in total. The molecule has 3 rings (SSSR count). The number of benzene rings is 3. The van der Waals surface area contributed by atoms with Gasteiger partial charge in [-0.1, -0.05) is 70.5 Å². The quantitative estimate of drug-likeness (QED) is 0.323. The fourth-order valence-corrected chi connectivity index (χ4v) is 3.15. The predicted molar refractivity (Wildman–Crippen MR) is 98.5 cm³/mol. The molecular weight excluding hydrogens is 389 g/mol. The largest absolute Gasteiger partial charge is 0.556 e. The van der Waals surface area contributed by atoms with Crippen molar-refractivity contribution in [3.63, 3.8) is 0 Å². The van der Waals surface area contributed by atoms with E-state index in [-0.39, 0.29) is 11.1 Å². The molecular formula is C19H12BBrF2O2. The Kier molecular flexibility index (Phi) is 5.09. The normalized spacial score (nSPS) is 12.0. The van der Waals surface area contributed by atoms with Gasteiger partial charge >= 0.3 is 7.27 Å². The van der Waals surface area contributed by atoms with Crippen LogP contribution in [0.3, 0.4) is 0 Å². The van der Waals surface area contributed by atoms with Crippen molar-refractivity contribution < 1.29 is 18.2 Å². The molecule has 124 valence electrons. The Morgan fingerprint density at radius 2 is 1.60 bits per heavy atom. The second-order valence-electron chi connectivity index (χ2n) is 5.58. The molecule has 0 heterocycles. The second kappa shape index (κ2) is 7.27.